The first-order valence-electron chi connectivity index (χ1n) is 9.33. The number of carbonyl (C=O) groups is 1. The molecule has 0 unspecified atom stereocenters. The second-order valence-corrected chi connectivity index (χ2v) is 7.50. The number of thiazole rings is 1. The number of hydrogen-bond acceptors (Lipinski definition) is 7. The highest BCUT2D eigenvalue weighted by molar-refractivity contribution is 7.12. The van der Waals surface area contributed by atoms with Gasteiger partial charge in [0.2, 0.25) is 5.43 Å². The van der Waals surface area contributed by atoms with E-state index in [1.807, 2.05) is 0 Å². The average Bonchev–Trinajstić information content (AvgIpc) is 3.28. The summed E-state index contributed by atoms with van der Waals surface area (Å²) in [6.45, 7) is 1.45. The zero-order chi connectivity index (χ0) is 23.9. The van der Waals surface area contributed by atoms with E-state index in [9.17, 15) is 32.9 Å². The fourth-order valence-electron chi connectivity index (χ4n) is 3.18. The van der Waals surface area contributed by atoms with Gasteiger partial charge in [-0.1, -0.05) is 12.1 Å². The molecule has 0 fully saturated rings. The molecule has 0 spiro atoms. The van der Waals surface area contributed by atoms with Crippen molar-refractivity contribution in [1.82, 2.24) is 9.55 Å². The first-order valence-corrected chi connectivity index (χ1v) is 10.2. The summed E-state index contributed by atoms with van der Waals surface area (Å²) in [4.78, 5) is 39.8. The van der Waals surface area contributed by atoms with Crippen LogP contribution in [0.2, 0.25) is 0 Å². The number of hydrogen-bond donors (Lipinski definition) is 0. The Bertz CT molecular complexity index is 1500. The third kappa shape index (κ3) is 3.84. The van der Waals surface area contributed by atoms with E-state index in [1.165, 1.54) is 30.5 Å². The Morgan fingerprint density at radius 3 is 2.70 bits per heavy atom. The fraction of sp³-hybridized carbons (Fsp3) is 0.0952. The molecule has 168 valence electrons. The van der Waals surface area contributed by atoms with Gasteiger partial charge in [0.15, 0.2) is 22.6 Å². The van der Waals surface area contributed by atoms with Crippen LogP contribution in [0.25, 0.3) is 27.3 Å². The van der Waals surface area contributed by atoms with Crippen LogP contribution in [0.4, 0.5) is 18.9 Å². The summed E-state index contributed by atoms with van der Waals surface area (Å²) < 4.78 is 48.5. The molecule has 0 saturated carbocycles. The average molecular weight is 475 g/mol. The molecule has 0 saturated heterocycles. The summed E-state index contributed by atoms with van der Waals surface area (Å²) in [6.07, 6.45) is 0.944. The molecule has 0 radical (unpaired) electrons. The standard InChI is InChI=1S/C21H12F3N3O5S/c1-2-32-20(29)13-8-26(18-12(19(13)28)7-14(22)16(23)17(18)24)21-25-15(9-33-21)10-4-3-5-11(6-10)27(30)31/h3-9H,2H2,1H3. The minimum Gasteiger partial charge on any atom is -0.462 e. The molecular weight excluding hydrogens is 463 g/mol. The highest BCUT2D eigenvalue weighted by Crippen LogP contribution is 2.30. The summed E-state index contributed by atoms with van der Waals surface area (Å²) >= 11 is 0.930. The minimum atomic E-state index is -1.80. The van der Waals surface area contributed by atoms with Crippen LogP contribution < -0.4 is 5.43 Å². The Kier molecular flexibility index (Phi) is 5.68. The molecule has 2 aromatic heterocycles. The summed E-state index contributed by atoms with van der Waals surface area (Å²) in [5.74, 6) is -6.06. The third-order valence-corrected chi connectivity index (χ3v) is 5.51. The van der Waals surface area contributed by atoms with E-state index in [4.69, 9.17) is 4.74 Å². The fourth-order valence-corrected chi connectivity index (χ4v) is 4.00. The number of nitro benzene ring substituents is 1. The molecule has 0 atom stereocenters. The molecule has 12 heteroatoms. The number of fused-ring (bicyclic) bond motifs is 1. The van der Waals surface area contributed by atoms with Gasteiger partial charge in [0.05, 0.1) is 28.1 Å². The van der Waals surface area contributed by atoms with Gasteiger partial charge in [-0.2, -0.15) is 0 Å². The molecule has 4 rings (SSSR count). The molecule has 0 aliphatic rings. The Morgan fingerprint density at radius 2 is 2.00 bits per heavy atom. The quantitative estimate of drug-likeness (QED) is 0.181. The van der Waals surface area contributed by atoms with E-state index in [2.05, 4.69) is 4.98 Å². The normalized spacial score (nSPS) is 11.0. The second-order valence-electron chi connectivity index (χ2n) is 6.67. The van der Waals surface area contributed by atoms with E-state index in [-0.39, 0.29) is 23.1 Å². The van der Waals surface area contributed by atoms with E-state index in [0.29, 0.717) is 11.6 Å². The molecule has 0 bridgehead atoms. The monoisotopic (exact) mass is 475 g/mol. The van der Waals surface area contributed by atoms with Crippen LogP contribution in [-0.2, 0) is 4.74 Å². The van der Waals surface area contributed by atoms with Crippen LogP contribution in [0.15, 0.2) is 46.7 Å². The number of ether oxygens (including phenoxy) is 1. The number of halogens is 3. The number of carbonyl (C=O) groups excluding carboxylic acids is 1. The molecule has 4 aromatic rings. The van der Waals surface area contributed by atoms with Crippen LogP contribution >= 0.6 is 11.3 Å². The number of pyridine rings is 1. The topological polar surface area (TPSA) is 104 Å². The smallest absolute Gasteiger partial charge is 0.343 e. The lowest BCUT2D eigenvalue weighted by molar-refractivity contribution is -0.384. The van der Waals surface area contributed by atoms with Crippen molar-refractivity contribution < 1.29 is 27.6 Å². The van der Waals surface area contributed by atoms with Crippen molar-refractivity contribution >= 4 is 33.9 Å². The number of nitrogens with zero attached hydrogens (tertiary/aromatic N) is 3. The van der Waals surface area contributed by atoms with Gasteiger partial charge in [-0.05, 0) is 13.0 Å². The predicted molar refractivity (Wildman–Crippen MR) is 113 cm³/mol. The molecular formula is C21H12F3N3O5S. The van der Waals surface area contributed by atoms with Crippen molar-refractivity contribution in [3.8, 4) is 16.4 Å². The molecule has 0 aliphatic carbocycles. The maximum absolute atomic E-state index is 14.7. The van der Waals surface area contributed by atoms with Crippen LogP contribution in [0.1, 0.15) is 17.3 Å². The number of rotatable bonds is 5. The van der Waals surface area contributed by atoms with E-state index in [1.54, 1.807) is 6.07 Å². The van der Waals surface area contributed by atoms with Crippen LogP contribution in [0.3, 0.4) is 0 Å². The van der Waals surface area contributed by atoms with Crippen LogP contribution in [-0.4, -0.2) is 27.1 Å². The van der Waals surface area contributed by atoms with Crippen LogP contribution in [0, 0.1) is 27.6 Å². The van der Waals surface area contributed by atoms with Gasteiger partial charge < -0.3 is 4.74 Å². The van der Waals surface area contributed by atoms with Gasteiger partial charge in [0.25, 0.3) is 5.69 Å². The number of nitro groups is 1. The zero-order valence-electron chi connectivity index (χ0n) is 16.7. The molecule has 8 nitrogen and oxygen atoms in total. The summed E-state index contributed by atoms with van der Waals surface area (Å²) in [5.41, 5.74) is -1.71. The van der Waals surface area contributed by atoms with E-state index >= 15 is 0 Å². The van der Waals surface area contributed by atoms with E-state index < -0.39 is 50.2 Å². The number of aromatic nitrogens is 2. The van der Waals surface area contributed by atoms with Gasteiger partial charge in [-0.25, -0.2) is 22.9 Å². The Balaban J connectivity index is 1.98. The predicted octanol–water partition coefficient (Wildman–Crippen LogP) is 4.62. The summed E-state index contributed by atoms with van der Waals surface area (Å²) in [5, 5.41) is 12.0. The maximum Gasteiger partial charge on any atom is 0.343 e. The van der Waals surface area contributed by atoms with Crippen molar-refractivity contribution in [2.45, 2.75) is 6.92 Å². The van der Waals surface area contributed by atoms with Gasteiger partial charge in [0.1, 0.15) is 5.56 Å². The molecule has 0 amide bonds. The molecule has 33 heavy (non-hydrogen) atoms. The van der Waals surface area contributed by atoms with Crippen molar-refractivity contribution in [2.24, 2.45) is 0 Å². The van der Waals surface area contributed by atoms with Gasteiger partial charge in [-0.15, -0.1) is 11.3 Å². The van der Waals surface area contributed by atoms with Crippen molar-refractivity contribution in [3.05, 3.63) is 85.3 Å². The van der Waals surface area contributed by atoms with Crippen molar-refractivity contribution in [1.29, 1.82) is 0 Å². The third-order valence-electron chi connectivity index (χ3n) is 4.67. The van der Waals surface area contributed by atoms with Gasteiger partial charge in [0, 0.05) is 29.3 Å². The maximum atomic E-state index is 14.7. The zero-order valence-corrected chi connectivity index (χ0v) is 17.5. The summed E-state index contributed by atoms with van der Waals surface area (Å²) in [6, 6.07) is 6.10. The second kappa shape index (κ2) is 8.47. The SMILES string of the molecule is CCOC(=O)c1cn(-c2nc(-c3cccc([N+](=O)[O-])c3)cs2)c2c(F)c(F)c(F)cc2c1=O. The summed E-state index contributed by atoms with van der Waals surface area (Å²) in [7, 11) is 0. The van der Waals surface area contributed by atoms with Crippen molar-refractivity contribution in [2.75, 3.05) is 6.61 Å². The molecule has 2 heterocycles. The Hall–Kier alpha value is -4.06. The lowest BCUT2D eigenvalue weighted by Crippen LogP contribution is -2.21. The Morgan fingerprint density at radius 1 is 1.24 bits per heavy atom. The first kappa shape index (κ1) is 22.1. The van der Waals surface area contributed by atoms with Gasteiger partial charge in [-0.3, -0.25) is 19.5 Å². The number of benzene rings is 2. The largest absolute Gasteiger partial charge is 0.462 e. The Labute approximate surface area is 186 Å². The molecule has 2 aromatic carbocycles. The lowest BCUT2D eigenvalue weighted by Gasteiger charge is -2.12. The van der Waals surface area contributed by atoms with Crippen molar-refractivity contribution in [3.63, 3.8) is 0 Å². The molecule has 0 aliphatic heterocycles. The van der Waals surface area contributed by atoms with Gasteiger partial charge >= 0.3 is 5.97 Å². The highest BCUT2D eigenvalue weighted by atomic mass is 32.1. The molecule has 0 N–H and O–H groups in total. The number of esters is 1. The first-order chi connectivity index (χ1) is 15.7. The lowest BCUT2D eigenvalue weighted by atomic mass is 10.1. The minimum absolute atomic E-state index is 0.00281. The number of non-ortho nitro benzene ring substituents is 1. The van der Waals surface area contributed by atoms with E-state index in [0.717, 1.165) is 22.1 Å². The highest BCUT2D eigenvalue weighted by Gasteiger charge is 2.24. The van der Waals surface area contributed by atoms with Crippen LogP contribution in [0.5, 0.6) is 0 Å².